The van der Waals surface area contributed by atoms with Crippen LogP contribution in [-0.2, 0) is 25.5 Å². The molecule has 0 radical (unpaired) electrons. The minimum absolute atomic E-state index is 0.0500. The molecule has 0 aromatic heterocycles. The summed E-state index contributed by atoms with van der Waals surface area (Å²) in [6.07, 6.45) is 5.05. The number of carbonyl (C=O) groups excluding carboxylic acids is 3. The predicted molar refractivity (Wildman–Crippen MR) is 108 cm³/mol. The second-order valence-corrected chi connectivity index (χ2v) is 7.66. The van der Waals surface area contributed by atoms with Crippen LogP contribution >= 0.6 is 0 Å². The van der Waals surface area contributed by atoms with Gasteiger partial charge in [0, 0.05) is 31.8 Å². The second-order valence-electron chi connectivity index (χ2n) is 7.66. The molecule has 1 heterocycles. The van der Waals surface area contributed by atoms with Crippen molar-refractivity contribution in [1.29, 1.82) is 0 Å². The van der Waals surface area contributed by atoms with Gasteiger partial charge in [0.2, 0.25) is 5.91 Å². The highest BCUT2D eigenvalue weighted by molar-refractivity contribution is 6.15. The summed E-state index contributed by atoms with van der Waals surface area (Å²) in [5.74, 6) is -1.43. The first-order valence-corrected chi connectivity index (χ1v) is 10.1. The fourth-order valence-corrected chi connectivity index (χ4v) is 4.38. The number of carbonyl (C=O) groups is 3. The average Bonchev–Trinajstić information content (AvgIpc) is 2.95. The van der Waals surface area contributed by atoms with Crippen LogP contribution in [0.5, 0.6) is 0 Å². The van der Waals surface area contributed by atoms with E-state index in [-0.39, 0.29) is 30.3 Å². The number of amides is 1. The zero-order chi connectivity index (χ0) is 20.3. The molecule has 1 saturated heterocycles. The Morgan fingerprint density at radius 3 is 2.61 bits per heavy atom. The maximum atomic E-state index is 13.1. The fourth-order valence-electron chi connectivity index (χ4n) is 4.38. The Morgan fingerprint density at radius 1 is 1.25 bits per heavy atom. The van der Waals surface area contributed by atoms with E-state index >= 15 is 0 Å². The first-order chi connectivity index (χ1) is 13.5. The summed E-state index contributed by atoms with van der Waals surface area (Å²) in [4.78, 5) is 40.2. The van der Waals surface area contributed by atoms with Gasteiger partial charge in [-0.3, -0.25) is 14.4 Å². The Balaban J connectivity index is 1.83. The third-order valence-corrected chi connectivity index (χ3v) is 5.76. The van der Waals surface area contributed by atoms with E-state index in [4.69, 9.17) is 4.74 Å². The van der Waals surface area contributed by atoms with E-state index in [2.05, 4.69) is 6.07 Å². The normalized spacial score (nSPS) is 23.0. The lowest BCUT2D eigenvalue weighted by Gasteiger charge is -2.27. The van der Waals surface area contributed by atoms with Crippen LogP contribution < -0.4 is 0 Å². The molecule has 5 heteroatoms. The van der Waals surface area contributed by atoms with Gasteiger partial charge in [0.25, 0.3) is 0 Å². The molecule has 1 aliphatic heterocycles. The molecule has 5 nitrogen and oxygen atoms in total. The van der Waals surface area contributed by atoms with Gasteiger partial charge in [-0.05, 0) is 42.5 Å². The second kappa shape index (κ2) is 8.82. The molecule has 1 aromatic carbocycles. The molecule has 2 fully saturated rings. The van der Waals surface area contributed by atoms with Gasteiger partial charge in [-0.25, -0.2) is 0 Å². The van der Waals surface area contributed by atoms with Crippen molar-refractivity contribution in [1.82, 2.24) is 4.90 Å². The summed E-state index contributed by atoms with van der Waals surface area (Å²) < 4.78 is 5.28. The van der Waals surface area contributed by atoms with Crippen molar-refractivity contribution >= 4 is 23.5 Å². The Bertz CT molecular complexity index is 805. The number of hydrogen-bond acceptors (Lipinski definition) is 4. The number of nitrogens with zero attached hydrogens (tertiary/aromatic N) is 1. The molecule has 2 atom stereocenters. The van der Waals surface area contributed by atoms with Crippen LogP contribution in [0.15, 0.2) is 18.2 Å². The number of aryl methyl sites for hydroxylation is 2. The highest BCUT2D eigenvalue weighted by Gasteiger charge is 2.44. The van der Waals surface area contributed by atoms with Crippen LogP contribution in [0.2, 0.25) is 0 Å². The molecule has 2 aliphatic rings. The number of allylic oxidation sites excluding steroid dienone is 1. The summed E-state index contributed by atoms with van der Waals surface area (Å²) in [5.41, 5.74) is 3.95. The van der Waals surface area contributed by atoms with Crippen molar-refractivity contribution in [3.63, 3.8) is 0 Å². The van der Waals surface area contributed by atoms with Gasteiger partial charge in [0.1, 0.15) is 11.7 Å². The summed E-state index contributed by atoms with van der Waals surface area (Å²) >= 11 is 0. The van der Waals surface area contributed by atoms with Crippen molar-refractivity contribution in [2.75, 3.05) is 26.3 Å². The number of rotatable bonds is 5. The van der Waals surface area contributed by atoms with Gasteiger partial charge in [0.05, 0.1) is 13.2 Å². The summed E-state index contributed by atoms with van der Waals surface area (Å²) in [7, 11) is 0. The standard InChI is InChI=1S/C23H29NO4/c1-4-6-16-11-15(3)21(17(5-2)12-16)22-19(25)13-18(23(22)27)14-20(26)24-7-9-28-10-8-24/h4,6,11-12,18,22H,5,7-10,13-14H2,1-3H3/b6-4+. The largest absolute Gasteiger partial charge is 0.378 e. The van der Waals surface area contributed by atoms with E-state index in [1.165, 1.54) is 0 Å². The predicted octanol–water partition coefficient (Wildman–Crippen LogP) is 3.08. The van der Waals surface area contributed by atoms with Crippen molar-refractivity contribution in [3.05, 3.63) is 40.5 Å². The molecule has 0 bridgehead atoms. The van der Waals surface area contributed by atoms with Crippen LogP contribution in [0.25, 0.3) is 6.08 Å². The van der Waals surface area contributed by atoms with E-state index in [9.17, 15) is 14.4 Å². The van der Waals surface area contributed by atoms with Crippen molar-refractivity contribution in [3.8, 4) is 0 Å². The van der Waals surface area contributed by atoms with Gasteiger partial charge in [-0.15, -0.1) is 0 Å². The van der Waals surface area contributed by atoms with Crippen molar-refractivity contribution in [2.24, 2.45) is 5.92 Å². The molecule has 3 rings (SSSR count). The number of Topliss-reactive ketones (excluding diaryl/α,β-unsaturated/α-hetero) is 2. The molecule has 1 aliphatic carbocycles. The summed E-state index contributed by atoms with van der Waals surface area (Å²) in [6.45, 7) is 8.16. The van der Waals surface area contributed by atoms with Gasteiger partial charge in [0.15, 0.2) is 5.78 Å². The monoisotopic (exact) mass is 383 g/mol. The third kappa shape index (κ3) is 4.09. The van der Waals surface area contributed by atoms with Crippen LogP contribution in [0.3, 0.4) is 0 Å². The quantitative estimate of drug-likeness (QED) is 0.733. The maximum Gasteiger partial charge on any atom is 0.223 e. The minimum Gasteiger partial charge on any atom is -0.378 e. The molecule has 0 N–H and O–H groups in total. The number of morpholine rings is 1. The zero-order valence-electron chi connectivity index (χ0n) is 17.0. The molecule has 2 unspecified atom stereocenters. The first kappa shape index (κ1) is 20.5. The van der Waals surface area contributed by atoms with Crippen LogP contribution in [0.1, 0.15) is 54.9 Å². The molecule has 1 aromatic rings. The highest BCUT2D eigenvalue weighted by atomic mass is 16.5. The average molecular weight is 383 g/mol. The topological polar surface area (TPSA) is 63.7 Å². The Labute approximate surface area is 166 Å². The molecule has 150 valence electrons. The van der Waals surface area contributed by atoms with Crippen molar-refractivity contribution < 1.29 is 19.1 Å². The van der Waals surface area contributed by atoms with E-state index in [0.717, 1.165) is 28.7 Å². The number of benzene rings is 1. The van der Waals surface area contributed by atoms with Gasteiger partial charge in [-0.1, -0.05) is 31.2 Å². The lowest BCUT2D eigenvalue weighted by molar-refractivity contribution is -0.138. The fraction of sp³-hybridized carbons (Fsp3) is 0.522. The smallest absolute Gasteiger partial charge is 0.223 e. The highest BCUT2D eigenvalue weighted by Crippen LogP contribution is 2.38. The molecule has 0 spiro atoms. The van der Waals surface area contributed by atoms with Crippen LogP contribution in [-0.4, -0.2) is 48.7 Å². The summed E-state index contributed by atoms with van der Waals surface area (Å²) in [5, 5.41) is 0. The van der Waals surface area contributed by atoms with Gasteiger partial charge in [-0.2, -0.15) is 0 Å². The first-order valence-electron chi connectivity index (χ1n) is 10.1. The number of ketones is 2. The lowest BCUT2D eigenvalue weighted by atomic mass is 9.84. The van der Waals surface area contributed by atoms with E-state index in [1.807, 2.05) is 39.0 Å². The molecular weight excluding hydrogens is 354 g/mol. The zero-order valence-corrected chi connectivity index (χ0v) is 17.0. The van der Waals surface area contributed by atoms with Crippen molar-refractivity contribution in [2.45, 2.75) is 46.0 Å². The van der Waals surface area contributed by atoms with E-state index in [0.29, 0.717) is 26.3 Å². The Kier molecular flexibility index (Phi) is 6.45. The van der Waals surface area contributed by atoms with E-state index < -0.39 is 11.8 Å². The Hall–Kier alpha value is -2.27. The van der Waals surface area contributed by atoms with Gasteiger partial charge >= 0.3 is 0 Å². The third-order valence-electron chi connectivity index (χ3n) is 5.76. The van der Waals surface area contributed by atoms with Crippen LogP contribution in [0, 0.1) is 12.8 Å². The van der Waals surface area contributed by atoms with Crippen LogP contribution in [0.4, 0.5) is 0 Å². The Morgan fingerprint density at radius 2 is 1.96 bits per heavy atom. The number of hydrogen-bond donors (Lipinski definition) is 0. The SMILES string of the molecule is C/C=C/c1cc(C)c(C2C(=O)CC(CC(=O)N3CCOCC3)C2=O)c(CC)c1. The van der Waals surface area contributed by atoms with Gasteiger partial charge < -0.3 is 9.64 Å². The minimum atomic E-state index is -0.725. The molecule has 1 amide bonds. The maximum absolute atomic E-state index is 13.1. The van der Waals surface area contributed by atoms with E-state index in [1.54, 1.807) is 4.90 Å². The molecule has 1 saturated carbocycles. The lowest BCUT2D eigenvalue weighted by Crippen LogP contribution is -2.41. The summed E-state index contributed by atoms with van der Waals surface area (Å²) in [6, 6.07) is 4.09. The molecule has 28 heavy (non-hydrogen) atoms. The number of ether oxygens (including phenoxy) is 1. The molecular formula is C23H29NO4.